The Morgan fingerprint density at radius 2 is 1.83 bits per heavy atom. The number of amides is 1. The van der Waals surface area contributed by atoms with Gasteiger partial charge in [0.2, 0.25) is 0 Å². The molecule has 0 aliphatic heterocycles. The summed E-state index contributed by atoms with van der Waals surface area (Å²) in [7, 11) is 3.23. The van der Waals surface area contributed by atoms with Gasteiger partial charge in [-0.05, 0) is 61.9 Å². The van der Waals surface area contributed by atoms with E-state index < -0.39 is 0 Å². The summed E-state index contributed by atoms with van der Waals surface area (Å²) in [6.45, 7) is 5.89. The van der Waals surface area contributed by atoms with Gasteiger partial charge in [0.1, 0.15) is 5.75 Å². The highest BCUT2D eigenvalue weighted by Gasteiger charge is 2.16. The molecule has 1 atom stereocenters. The second-order valence-corrected chi connectivity index (χ2v) is 10.4. The van der Waals surface area contributed by atoms with Crippen molar-refractivity contribution in [2.24, 2.45) is 5.92 Å². The number of ether oxygens (including phenoxy) is 2. The number of hydrogen-bond donors (Lipinski definition) is 1. The highest BCUT2D eigenvalue weighted by atomic mass is 16.5. The number of carbonyl (C=O) groups excluding carboxylic acids is 2. The fourth-order valence-corrected chi connectivity index (χ4v) is 5.18. The van der Waals surface area contributed by atoms with Crippen molar-refractivity contribution >= 4 is 22.6 Å². The summed E-state index contributed by atoms with van der Waals surface area (Å²) in [5.74, 6) is 1.19. The molecular formula is C33H40N4O4. The van der Waals surface area contributed by atoms with E-state index in [-0.39, 0.29) is 11.7 Å². The highest BCUT2D eigenvalue weighted by molar-refractivity contribution is 6.00. The largest absolute Gasteiger partial charge is 0.495 e. The number of benzene rings is 2. The maximum absolute atomic E-state index is 12.9. The molecule has 1 amide bonds. The van der Waals surface area contributed by atoms with E-state index in [1.807, 2.05) is 66.3 Å². The van der Waals surface area contributed by atoms with Crippen molar-refractivity contribution in [1.29, 1.82) is 0 Å². The number of nitrogens with one attached hydrogen (secondary N) is 1. The summed E-state index contributed by atoms with van der Waals surface area (Å²) >= 11 is 0. The quantitative estimate of drug-likeness (QED) is 0.137. The number of fused-ring (bicyclic) bond motifs is 1. The molecule has 0 spiro atoms. The molecule has 41 heavy (non-hydrogen) atoms. The molecule has 2 aromatic carbocycles. The fourth-order valence-electron chi connectivity index (χ4n) is 5.18. The van der Waals surface area contributed by atoms with E-state index in [0.717, 1.165) is 65.5 Å². The predicted molar refractivity (Wildman–Crippen MR) is 161 cm³/mol. The van der Waals surface area contributed by atoms with Gasteiger partial charge in [0.05, 0.1) is 31.1 Å². The number of pyridine rings is 1. The predicted octanol–water partition coefficient (Wildman–Crippen LogP) is 6.26. The number of hydrogen-bond acceptors (Lipinski definition) is 6. The summed E-state index contributed by atoms with van der Waals surface area (Å²) in [6.07, 6.45) is 8.18. The van der Waals surface area contributed by atoms with E-state index in [0.29, 0.717) is 36.8 Å². The molecular weight excluding hydrogens is 516 g/mol. The van der Waals surface area contributed by atoms with E-state index in [9.17, 15) is 9.59 Å². The van der Waals surface area contributed by atoms with Gasteiger partial charge in [0.15, 0.2) is 5.78 Å². The number of ketones is 1. The van der Waals surface area contributed by atoms with Crippen LogP contribution in [0.5, 0.6) is 5.75 Å². The number of carbonyl (C=O) groups is 2. The third kappa shape index (κ3) is 7.79. The molecule has 0 bridgehead atoms. The van der Waals surface area contributed by atoms with E-state index >= 15 is 0 Å². The Bertz CT molecular complexity index is 1440. The zero-order valence-corrected chi connectivity index (χ0v) is 24.5. The smallest absolute Gasteiger partial charge is 0.251 e. The molecule has 0 saturated carbocycles. The molecule has 1 N–H and O–H groups in total. The number of rotatable bonds is 15. The Morgan fingerprint density at radius 1 is 1.02 bits per heavy atom. The third-order valence-corrected chi connectivity index (χ3v) is 7.48. The Hall–Kier alpha value is -4.04. The second-order valence-electron chi connectivity index (χ2n) is 10.4. The van der Waals surface area contributed by atoms with Crippen LogP contribution in [0, 0.1) is 12.8 Å². The Balaban J connectivity index is 1.33. The lowest BCUT2D eigenvalue weighted by Gasteiger charge is -2.16. The average molecular weight is 557 g/mol. The molecule has 8 heteroatoms. The first-order valence-corrected chi connectivity index (χ1v) is 14.3. The number of methoxy groups -OCH3 is 2. The van der Waals surface area contributed by atoms with Gasteiger partial charge in [-0.25, -0.2) is 0 Å². The van der Waals surface area contributed by atoms with E-state index in [1.165, 1.54) is 0 Å². The van der Waals surface area contributed by atoms with Gasteiger partial charge in [0.25, 0.3) is 5.91 Å². The van der Waals surface area contributed by atoms with E-state index in [4.69, 9.17) is 14.6 Å². The lowest BCUT2D eigenvalue weighted by atomic mass is 9.95. The minimum atomic E-state index is -0.102. The zero-order chi connectivity index (χ0) is 29.2. The summed E-state index contributed by atoms with van der Waals surface area (Å²) < 4.78 is 12.2. The van der Waals surface area contributed by atoms with Crippen molar-refractivity contribution in [2.45, 2.75) is 52.5 Å². The van der Waals surface area contributed by atoms with Crippen LogP contribution in [0.25, 0.3) is 22.2 Å². The molecule has 0 saturated heterocycles. The van der Waals surface area contributed by atoms with Crippen molar-refractivity contribution < 1.29 is 19.1 Å². The Morgan fingerprint density at radius 3 is 2.51 bits per heavy atom. The first-order valence-electron chi connectivity index (χ1n) is 14.3. The van der Waals surface area contributed by atoms with Crippen molar-refractivity contribution in [3.8, 4) is 17.0 Å². The van der Waals surface area contributed by atoms with Gasteiger partial charge in [-0.2, -0.15) is 5.10 Å². The SMILES string of the molecule is CCCC(CCCC(=O)c1ccc(-c2ccc(OC)cn2)cc1)Cn1cc2c(C)c(C(=O)NCCOC)ccc2n1. The Labute approximate surface area is 242 Å². The molecule has 0 aliphatic carbocycles. The topological polar surface area (TPSA) is 95.3 Å². The van der Waals surface area contributed by atoms with Gasteiger partial charge in [-0.1, -0.05) is 37.6 Å². The summed E-state index contributed by atoms with van der Waals surface area (Å²) in [4.78, 5) is 29.9. The number of aryl methyl sites for hydroxylation is 1. The van der Waals surface area contributed by atoms with Gasteiger partial charge in [-0.15, -0.1) is 0 Å². The van der Waals surface area contributed by atoms with Gasteiger partial charge in [0, 0.05) is 54.9 Å². The normalized spacial score (nSPS) is 11.9. The van der Waals surface area contributed by atoms with Crippen LogP contribution in [0.1, 0.15) is 65.3 Å². The van der Waals surface area contributed by atoms with Crippen LogP contribution in [-0.4, -0.2) is 53.8 Å². The summed E-state index contributed by atoms with van der Waals surface area (Å²) in [5.41, 5.74) is 5.00. The number of Topliss-reactive ketones (excluding diaryl/α,β-unsaturated/α-hetero) is 1. The molecule has 8 nitrogen and oxygen atoms in total. The lowest BCUT2D eigenvalue weighted by Crippen LogP contribution is -2.27. The molecule has 4 rings (SSSR count). The van der Waals surface area contributed by atoms with Crippen molar-refractivity contribution in [3.63, 3.8) is 0 Å². The maximum atomic E-state index is 12.9. The average Bonchev–Trinajstić information content (AvgIpc) is 3.41. The first-order chi connectivity index (χ1) is 19.9. The monoisotopic (exact) mass is 556 g/mol. The molecule has 4 aromatic rings. The maximum Gasteiger partial charge on any atom is 0.251 e. The second kappa shape index (κ2) is 14.6. The van der Waals surface area contributed by atoms with Crippen molar-refractivity contribution in [3.05, 3.63) is 77.6 Å². The molecule has 216 valence electrons. The van der Waals surface area contributed by atoms with Crippen LogP contribution in [-0.2, 0) is 11.3 Å². The summed E-state index contributed by atoms with van der Waals surface area (Å²) in [6, 6.07) is 15.2. The third-order valence-electron chi connectivity index (χ3n) is 7.48. The van der Waals surface area contributed by atoms with Crippen molar-refractivity contribution in [2.75, 3.05) is 27.4 Å². The van der Waals surface area contributed by atoms with Crippen LogP contribution < -0.4 is 10.1 Å². The molecule has 0 aliphatic rings. The van der Waals surface area contributed by atoms with E-state index in [2.05, 4.69) is 17.2 Å². The minimum absolute atomic E-state index is 0.102. The molecule has 0 fully saturated rings. The van der Waals surface area contributed by atoms with E-state index in [1.54, 1.807) is 20.4 Å². The first kappa shape index (κ1) is 29.9. The van der Waals surface area contributed by atoms with Gasteiger partial charge < -0.3 is 14.8 Å². The van der Waals surface area contributed by atoms with Crippen LogP contribution in [0.3, 0.4) is 0 Å². The fraction of sp³-hybridized carbons (Fsp3) is 0.394. The number of nitrogens with zero attached hydrogens (tertiary/aromatic N) is 3. The van der Waals surface area contributed by atoms with Crippen molar-refractivity contribution in [1.82, 2.24) is 20.1 Å². The van der Waals surface area contributed by atoms with Crippen LogP contribution in [0.4, 0.5) is 0 Å². The van der Waals surface area contributed by atoms with Crippen LogP contribution in [0.15, 0.2) is 60.9 Å². The number of aromatic nitrogens is 3. The van der Waals surface area contributed by atoms with Crippen LogP contribution >= 0.6 is 0 Å². The molecule has 2 heterocycles. The Kier molecular flexibility index (Phi) is 10.6. The highest BCUT2D eigenvalue weighted by Crippen LogP contribution is 2.25. The minimum Gasteiger partial charge on any atom is -0.495 e. The summed E-state index contributed by atoms with van der Waals surface area (Å²) in [5, 5.41) is 8.67. The zero-order valence-electron chi connectivity index (χ0n) is 24.5. The van der Waals surface area contributed by atoms with Gasteiger partial charge >= 0.3 is 0 Å². The standard InChI is InChI=1S/C33H40N4O4/c1-5-7-24(21-37-22-29-23(2)28(15-17-31(29)36-37)33(39)34-18-19-40-3)8-6-9-32(38)26-12-10-25(11-13-26)30-16-14-27(41-4)20-35-30/h10-17,20,22,24H,5-9,18-19,21H2,1-4H3,(H,34,39). The molecule has 2 aromatic heterocycles. The molecule has 1 unspecified atom stereocenters. The molecule has 0 radical (unpaired) electrons. The van der Waals surface area contributed by atoms with Crippen LogP contribution in [0.2, 0.25) is 0 Å². The van der Waals surface area contributed by atoms with Gasteiger partial charge in [-0.3, -0.25) is 19.3 Å². The lowest BCUT2D eigenvalue weighted by molar-refractivity contribution is 0.0935.